The Morgan fingerprint density at radius 3 is 2.60 bits per heavy atom. The lowest BCUT2D eigenvalue weighted by molar-refractivity contribution is 0.0439. The van der Waals surface area contributed by atoms with Crippen molar-refractivity contribution in [1.82, 2.24) is 5.32 Å². The quantitative estimate of drug-likeness (QED) is 0.884. The highest BCUT2D eigenvalue weighted by Gasteiger charge is 2.18. The van der Waals surface area contributed by atoms with Crippen molar-refractivity contribution in [3.05, 3.63) is 48.0 Å². The molecule has 20 heavy (non-hydrogen) atoms. The van der Waals surface area contributed by atoms with Gasteiger partial charge in [0, 0.05) is 0 Å². The Hall–Kier alpha value is -1.38. The molecule has 1 saturated carbocycles. The molecule has 3 rings (SSSR count). The molecule has 2 nitrogen and oxygen atoms in total. The largest absolute Gasteiger partial charge is 0.376 e. The normalized spacial score (nSPS) is 17.6. The molecule has 106 valence electrons. The zero-order valence-electron chi connectivity index (χ0n) is 12.1. The summed E-state index contributed by atoms with van der Waals surface area (Å²) in [5.41, 5.74) is 1.31. The van der Waals surface area contributed by atoms with Crippen molar-refractivity contribution in [2.75, 3.05) is 13.7 Å². The summed E-state index contributed by atoms with van der Waals surface area (Å²) in [5.74, 6) is 0. The van der Waals surface area contributed by atoms with Crippen molar-refractivity contribution in [3.63, 3.8) is 0 Å². The minimum absolute atomic E-state index is 0.278. The maximum atomic E-state index is 6.06. The van der Waals surface area contributed by atoms with E-state index in [-0.39, 0.29) is 6.04 Å². The summed E-state index contributed by atoms with van der Waals surface area (Å²) in [6.07, 6.45) is 5.59. The molecule has 1 unspecified atom stereocenters. The summed E-state index contributed by atoms with van der Waals surface area (Å²) in [7, 11) is 2.01. The standard InChI is InChI=1S/C18H23NO/c1-19-18(13-20-17-8-4-5-9-17)16-11-10-14-6-2-3-7-15(14)12-16/h2-3,6-7,10-12,17-19H,4-5,8-9,13H2,1H3. The third-order valence-corrected chi connectivity index (χ3v) is 4.33. The molecule has 1 fully saturated rings. The maximum absolute atomic E-state index is 6.06. The van der Waals surface area contributed by atoms with Crippen molar-refractivity contribution in [3.8, 4) is 0 Å². The summed E-state index contributed by atoms with van der Waals surface area (Å²) in [6.45, 7) is 0.763. The molecule has 2 aromatic rings. The second-order valence-corrected chi connectivity index (χ2v) is 5.69. The first-order valence-corrected chi connectivity index (χ1v) is 7.64. The molecule has 0 spiro atoms. The Balaban J connectivity index is 1.72. The fourth-order valence-corrected chi connectivity index (χ4v) is 3.06. The third-order valence-electron chi connectivity index (χ3n) is 4.33. The van der Waals surface area contributed by atoms with E-state index >= 15 is 0 Å². The average Bonchev–Trinajstić information content (AvgIpc) is 3.01. The second-order valence-electron chi connectivity index (χ2n) is 5.69. The number of fused-ring (bicyclic) bond motifs is 1. The van der Waals surface area contributed by atoms with E-state index in [0.717, 1.165) is 6.61 Å². The summed E-state index contributed by atoms with van der Waals surface area (Å²) in [6, 6.07) is 15.5. The van der Waals surface area contributed by atoms with Crippen LogP contribution in [0.25, 0.3) is 10.8 Å². The first-order chi connectivity index (χ1) is 9.86. The Kier molecular flexibility index (Phi) is 4.34. The molecule has 1 atom stereocenters. The van der Waals surface area contributed by atoms with Gasteiger partial charge in [0.1, 0.15) is 0 Å². The smallest absolute Gasteiger partial charge is 0.0665 e. The summed E-state index contributed by atoms with van der Waals surface area (Å²) >= 11 is 0. The predicted molar refractivity (Wildman–Crippen MR) is 84.0 cm³/mol. The average molecular weight is 269 g/mol. The van der Waals surface area contributed by atoms with Gasteiger partial charge in [-0.3, -0.25) is 0 Å². The van der Waals surface area contributed by atoms with Crippen LogP contribution in [0.5, 0.6) is 0 Å². The van der Waals surface area contributed by atoms with Crippen LogP contribution in [0.15, 0.2) is 42.5 Å². The molecule has 0 aliphatic heterocycles. The van der Waals surface area contributed by atoms with Crippen LogP contribution in [0.2, 0.25) is 0 Å². The van der Waals surface area contributed by atoms with Crippen LogP contribution in [-0.4, -0.2) is 19.8 Å². The predicted octanol–water partition coefficient (Wildman–Crippen LogP) is 4.06. The van der Waals surface area contributed by atoms with E-state index in [2.05, 4.69) is 47.8 Å². The van der Waals surface area contributed by atoms with Gasteiger partial charge in [0.15, 0.2) is 0 Å². The number of hydrogen-bond donors (Lipinski definition) is 1. The van der Waals surface area contributed by atoms with Crippen molar-refractivity contribution < 1.29 is 4.74 Å². The lowest BCUT2D eigenvalue weighted by Crippen LogP contribution is -2.24. The van der Waals surface area contributed by atoms with Crippen LogP contribution in [-0.2, 0) is 4.74 Å². The Labute approximate surface area is 121 Å². The summed E-state index contributed by atoms with van der Waals surface area (Å²) in [4.78, 5) is 0. The van der Waals surface area contributed by atoms with Crippen molar-refractivity contribution in [2.24, 2.45) is 0 Å². The lowest BCUT2D eigenvalue weighted by Gasteiger charge is -2.20. The lowest BCUT2D eigenvalue weighted by atomic mass is 10.0. The van der Waals surface area contributed by atoms with Crippen LogP contribution in [0.3, 0.4) is 0 Å². The van der Waals surface area contributed by atoms with Gasteiger partial charge in [0.2, 0.25) is 0 Å². The van der Waals surface area contributed by atoms with Gasteiger partial charge >= 0.3 is 0 Å². The minimum Gasteiger partial charge on any atom is -0.376 e. The highest BCUT2D eigenvalue weighted by Crippen LogP contribution is 2.24. The van der Waals surface area contributed by atoms with E-state index in [0.29, 0.717) is 6.10 Å². The number of rotatable bonds is 5. The zero-order chi connectivity index (χ0) is 13.8. The SMILES string of the molecule is CNC(COC1CCCC1)c1ccc2ccccc2c1. The van der Waals surface area contributed by atoms with Gasteiger partial charge in [0.25, 0.3) is 0 Å². The molecular formula is C18H23NO. The van der Waals surface area contributed by atoms with E-state index in [1.165, 1.54) is 42.0 Å². The van der Waals surface area contributed by atoms with Gasteiger partial charge in [-0.25, -0.2) is 0 Å². The first-order valence-electron chi connectivity index (χ1n) is 7.64. The first kappa shape index (κ1) is 13.6. The van der Waals surface area contributed by atoms with E-state index in [4.69, 9.17) is 4.74 Å². The Morgan fingerprint density at radius 2 is 1.85 bits per heavy atom. The van der Waals surface area contributed by atoms with Crippen molar-refractivity contribution in [2.45, 2.75) is 37.8 Å². The van der Waals surface area contributed by atoms with Crippen molar-refractivity contribution in [1.29, 1.82) is 0 Å². The Bertz CT molecular complexity index is 560. The van der Waals surface area contributed by atoms with E-state index < -0.39 is 0 Å². The fourth-order valence-electron chi connectivity index (χ4n) is 3.06. The van der Waals surface area contributed by atoms with Gasteiger partial charge in [-0.15, -0.1) is 0 Å². The molecular weight excluding hydrogens is 246 g/mol. The van der Waals surface area contributed by atoms with Gasteiger partial charge in [0.05, 0.1) is 18.8 Å². The minimum atomic E-state index is 0.278. The van der Waals surface area contributed by atoms with Gasteiger partial charge in [-0.05, 0) is 42.3 Å². The number of hydrogen-bond acceptors (Lipinski definition) is 2. The van der Waals surface area contributed by atoms with E-state index in [1.807, 2.05) is 7.05 Å². The van der Waals surface area contributed by atoms with Crippen LogP contribution >= 0.6 is 0 Å². The molecule has 2 heteroatoms. The number of likely N-dealkylation sites (N-methyl/N-ethyl adjacent to an activating group) is 1. The number of benzene rings is 2. The summed E-state index contributed by atoms with van der Waals surface area (Å²) < 4.78 is 6.06. The molecule has 0 radical (unpaired) electrons. The molecule has 0 saturated heterocycles. The molecule has 1 N–H and O–H groups in total. The topological polar surface area (TPSA) is 21.3 Å². The second kappa shape index (κ2) is 6.38. The van der Waals surface area contributed by atoms with Gasteiger partial charge in [-0.1, -0.05) is 49.2 Å². The zero-order valence-corrected chi connectivity index (χ0v) is 12.1. The molecule has 0 heterocycles. The van der Waals surface area contributed by atoms with Gasteiger partial charge in [-0.2, -0.15) is 0 Å². The number of nitrogens with one attached hydrogen (secondary N) is 1. The third kappa shape index (κ3) is 3.02. The van der Waals surface area contributed by atoms with Crippen LogP contribution in [0.4, 0.5) is 0 Å². The molecule has 0 amide bonds. The van der Waals surface area contributed by atoms with Gasteiger partial charge < -0.3 is 10.1 Å². The van der Waals surface area contributed by atoms with E-state index in [1.54, 1.807) is 0 Å². The highest BCUT2D eigenvalue weighted by atomic mass is 16.5. The molecule has 0 bridgehead atoms. The fraction of sp³-hybridized carbons (Fsp3) is 0.444. The molecule has 0 aromatic heterocycles. The van der Waals surface area contributed by atoms with Crippen LogP contribution < -0.4 is 5.32 Å². The Morgan fingerprint density at radius 1 is 1.10 bits per heavy atom. The molecule has 2 aromatic carbocycles. The molecule has 1 aliphatic carbocycles. The number of ether oxygens (including phenoxy) is 1. The maximum Gasteiger partial charge on any atom is 0.0665 e. The van der Waals surface area contributed by atoms with Crippen molar-refractivity contribution >= 4 is 10.8 Å². The van der Waals surface area contributed by atoms with E-state index in [9.17, 15) is 0 Å². The summed E-state index contributed by atoms with van der Waals surface area (Å²) in [5, 5.41) is 5.97. The highest BCUT2D eigenvalue weighted by molar-refractivity contribution is 5.83. The molecule has 1 aliphatic rings. The monoisotopic (exact) mass is 269 g/mol. The van der Waals surface area contributed by atoms with Crippen LogP contribution in [0.1, 0.15) is 37.3 Å². The van der Waals surface area contributed by atoms with Crippen LogP contribution in [0, 0.1) is 0 Å².